The molecule has 4 rings (SSSR count). The quantitative estimate of drug-likeness (QED) is 0.434. The molecule has 0 aliphatic heterocycles. The fourth-order valence-electron chi connectivity index (χ4n) is 4.34. The molecule has 0 unspecified atom stereocenters. The Hall–Kier alpha value is -2.63. The summed E-state index contributed by atoms with van der Waals surface area (Å²) in [5, 5.41) is 3.69. The zero-order valence-corrected chi connectivity index (χ0v) is 19.3. The van der Waals surface area contributed by atoms with Crippen molar-refractivity contribution in [2.24, 2.45) is 0 Å². The molecule has 0 spiro atoms. The lowest BCUT2D eigenvalue weighted by atomic mass is 9.94. The molecule has 32 heavy (non-hydrogen) atoms. The van der Waals surface area contributed by atoms with Crippen molar-refractivity contribution in [2.45, 2.75) is 57.5 Å². The molecule has 1 heterocycles. The van der Waals surface area contributed by atoms with Gasteiger partial charge in [0.15, 0.2) is 11.7 Å². The largest absolute Gasteiger partial charge is 0.441 e. The number of aryl methyl sites for hydroxylation is 1. The molecule has 168 valence electrons. The maximum absolute atomic E-state index is 12.6. The molecule has 2 aromatic carbocycles. The van der Waals surface area contributed by atoms with Gasteiger partial charge < -0.3 is 9.73 Å². The maximum atomic E-state index is 12.6. The Morgan fingerprint density at radius 2 is 1.88 bits per heavy atom. The van der Waals surface area contributed by atoms with Crippen LogP contribution in [0.3, 0.4) is 0 Å². The number of aromatic nitrogens is 1. The molecule has 1 saturated carbocycles. The lowest BCUT2D eigenvalue weighted by Crippen LogP contribution is -2.33. The number of nitrogens with zero attached hydrogens (tertiary/aromatic N) is 2. The summed E-state index contributed by atoms with van der Waals surface area (Å²) >= 11 is 6.23. The van der Waals surface area contributed by atoms with Crippen LogP contribution in [0.5, 0.6) is 0 Å². The molecule has 1 fully saturated rings. The third kappa shape index (κ3) is 5.78. The van der Waals surface area contributed by atoms with Crippen molar-refractivity contribution in [1.29, 1.82) is 0 Å². The van der Waals surface area contributed by atoms with Gasteiger partial charge in [-0.05, 0) is 43.7 Å². The van der Waals surface area contributed by atoms with Gasteiger partial charge >= 0.3 is 0 Å². The molecule has 3 aromatic rings. The smallest absolute Gasteiger partial charge is 0.224 e. The van der Waals surface area contributed by atoms with Gasteiger partial charge in [-0.2, -0.15) is 0 Å². The van der Waals surface area contributed by atoms with Crippen molar-refractivity contribution in [1.82, 2.24) is 9.88 Å². The second kappa shape index (κ2) is 10.8. The number of rotatable bonds is 8. The summed E-state index contributed by atoms with van der Waals surface area (Å²) in [6.45, 7) is 0.835. The Labute approximate surface area is 194 Å². The average Bonchev–Trinajstić information content (AvgIpc) is 3.29. The van der Waals surface area contributed by atoms with Gasteiger partial charge in [0.25, 0.3) is 0 Å². The Morgan fingerprint density at radius 3 is 2.69 bits per heavy atom. The van der Waals surface area contributed by atoms with Crippen LogP contribution in [0.25, 0.3) is 11.3 Å². The summed E-state index contributed by atoms with van der Waals surface area (Å²) < 4.78 is 5.81. The van der Waals surface area contributed by atoms with Crippen LogP contribution in [-0.2, 0) is 17.8 Å². The molecule has 1 aromatic heterocycles. The highest BCUT2D eigenvalue weighted by Gasteiger charge is 2.19. The van der Waals surface area contributed by atoms with E-state index in [0.29, 0.717) is 35.6 Å². The van der Waals surface area contributed by atoms with E-state index < -0.39 is 0 Å². The average molecular weight is 452 g/mol. The monoisotopic (exact) mass is 451 g/mol. The van der Waals surface area contributed by atoms with Gasteiger partial charge in [0, 0.05) is 36.7 Å². The molecule has 1 N–H and O–H groups in total. The van der Waals surface area contributed by atoms with Crippen LogP contribution in [0.2, 0.25) is 5.02 Å². The van der Waals surface area contributed by atoms with Crippen LogP contribution < -0.4 is 5.32 Å². The molecular formula is C26H30ClN3O2. The highest BCUT2D eigenvalue weighted by Crippen LogP contribution is 2.28. The highest BCUT2D eigenvalue weighted by atomic mass is 35.5. The normalized spacial score (nSPS) is 14.6. The number of hydrogen-bond donors (Lipinski definition) is 1. The molecule has 0 radical (unpaired) electrons. The number of benzene rings is 2. The van der Waals surface area contributed by atoms with Crippen LogP contribution in [0.15, 0.2) is 59.1 Å². The topological polar surface area (TPSA) is 58.4 Å². The van der Waals surface area contributed by atoms with Crippen LogP contribution in [0.4, 0.5) is 5.69 Å². The number of hydrogen-bond acceptors (Lipinski definition) is 4. The van der Waals surface area contributed by atoms with Gasteiger partial charge in [-0.3, -0.25) is 9.69 Å². The van der Waals surface area contributed by atoms with Crippen molar-refractivity contribution in [3.63, 3.8) is 0 Å². The summed E-state index contributed by atoms with van der Waals surface area (Å²) in [6, 6.07) is 16.2. The van der Waals surface area contributed by atoms with Crippen molar-refractivity contribution in [2.75, 3.05) is 12.4 Å². The number of amides is 1. The van der Waals surface area contributed by atoms with Gasteiger partial charge in [0.05, 0.1) is 11.2 Å². The minimum Gasteiger partial charge on any atom is -0.441 e. The molecule has 1 aliphatic rings. The molecule has 0 bridgehead atoms. The summed E-state index contributed by atoms with van der Waals surface area (Å²) in [6.07, 6.45) is 8.88. The minimum absolute atomic E-state index is 0.0461. The molecule has 5 nitrogen and oxygen atoms in total. The third-order valence-corrected chi connectivity index (χ3v) is 6.50. The molecule has 6 heteroatoms. The maximum Gasteiger partial charge on any atom is 0.224 e. The third-order valence-electron chi connectivity index (χ3n) is 6.17. The van der Waals surface area contributed by atoms with E-state index in [1.165, 1.54) is 32.1 Å². The highest BCUT2D eigenvalue weighted by molar-refractivity contribution is 6.33. The van der Waals surface area contributed by atoms with Crippen molar-refractivity contribution in [3.05, 3.63) is 71.2 Å². The molecule has 1 amide bonds. The van der Waals surface area contributed by atoms with Crippen LogP contribution in [-0.4, -0.2) is 28.9 Å². The van der Waals surface area contributed by atoms with Crippen LogP contribution in [0.1, 0.15) is 50.0 Å². The number of halogens is 1. The van der Waals surface area contributed by atoms with E-state index in [9.17, 15) is 4.79 Å². The van der Waals surface area contributed by atoms with Crippen LogP contribution in [0, 0.1) is 0 Å². The Bertz CT molecular complexity index is 1040. The van der Waals surface area contributed by atoms with E-state index in [4.69, 9.17) is 16.0 Å². The lowest BCUT2D eigenvalue weighted by molar-refractivity contribution is -0.116. The zero-order chi connectivity index (χ0) is 22.3. The first-order chi connectivity index (χ1) is 15.6. The summed E-state index contributed by atoms with van der Waals surface area (Å²) in [7, 11) is 2.19. The van der Waals surface area contributed by atoms with Crippen molar-refractivity contribution in [3.8, 4) is 11.3 Å². The van der Waals surface area contributed by atoms with Crippen molar-refractivity contribution < 1.29 is 9.21 Å². The predicted octanol–water partition coefficient (Wildman–Crippen LogP) is 6.33. The van der Waals surface area contributed by atoms with E-state index in [0.717, 1.165) is 23.4 Å². The number of para-hydroxylation sites is 1. The molecule has 0 atom stereocenters. The Balaban J connectivity index is 1.33. The fourth-order valence-corrected chi connectivity index (χ4v) is 4.57. The number of carbonyl (C=O) groups excluding carboxylic acids is 1. The summed E-state index contributed by atoms with van der Waals surface area (Å²) in [5.74, 6) is 1.10. The first-order valence-electron chi connectivity index (χ1n) is 11.4. The van der Waals surface area contributed by atoms with Gasteiger partial charge in [0.2, 0.25) is 5.91 Å². The summed E-state index contributed by atoms with van der Waals surface area (Å²) in [5.41, 5.74) is 2.82. The first kappa shape index (κ1) is 22.6. The van der Waals surface area contributed by atoms with E-state index in [2.05, 4.69) is 28.3 Å². The second-order valence-electron chi connectivity index (χ2n) is 8.51. The van der Waals surface area contributed by atoms with Crippen LogP contribution >= 0.6 is 11.6 Å². The second-order valence-corrected chi connectivity index (χ2v) is 8.92. The fraction of sp³-hybridized carbons (Fsp3) is 0.385. The Morgan fingerprint density at radius 1 is 1.12 bits per heavy atom. The Kier molecular flexibility index (Phi) is 7.61. The molecule has 0 saturated heterocycles. The van der Waals surface area contributed by atoms with Gasteiger partial charge in [0.1, 0.15) is 0 Å². The zero-order valence-electron chi connectivity index (χ0n) is 18.5. The van der Waals surface area contributed by atoms with E-state index in [-0.39, 0.29) is 5.91 Å². The minimum atomic E-state index is -0.0461. The standard InChI is InChI=1S/C26H30ClN3O2/c1-30(20-10-3-2-4-11-20)18-19-9-5-8-14-23(19)29-25(31)15-16-26-28-17-24(32-26)21-12-6-7-13-22(21)27/h5-9,12-14,17,20H,2-4,10-11,15-16,18H2,1H3,(H,29,31). The van der Waals surface area contributed by atoms with Gasteiger partial charge in [-0.15, -0.1) is 0 Å². The predicted molar refractivity (Wildman–Crippen MR) is 129 cm³/mol. The lowest BCUT2D eigenvalue weighted by Gasteiger charge is -2.31. The number of nitrogens with one attached hydrogen (secondary N) is 1. The van der Waals surface area contributed by atoms with E-state index in [1.54, 1.807) is 6.20 Å². The molecule has 1 aliphatic carbocycles. The number of anilines is 1. The SMILES string of the molecule is CN(Cc1ccccc1NC(=O)CCc1ncc(-c2ccccc2Cl)o1)C1CCCCC1. The van der Waals surface area contributed by atoms with E-state index in [1.807, 2.05) is 42.5 Å². The van der Waals surface area contributed by atoms with E-state index >= 15 is 0 Å². The van der Waals surface area contributed by atoms with Gasteiger partial charge in [-0.25, -0.2) is 4.98 Å². The molecular weight excluding hydrogens is 422 g/mol. The first-order valence-corrected chi connectivity index (χ1v) is 11.8. The van der Waals surface area contributed by atoms with Gasteiger partial charge in [-0.1, -0.05) is 61.2 Å². The van der Waals surface area contributed by atoms with Crippen molar-refractivity contribution >= 4 is 23.2 Å². The number of oxazole rings is 1. The summed E-state index contributed by atoms with van der Waals surface area (Å²) in [4.78, 5) is 19.4. The number of carbonyl (C=O) groups is 1.